The summed E-state index contributed by atoms with van der Waals surface area (Å²) in [6.45, 7) is 1.92. The van der Waals surface area contributed by atoms with Gasteiger partial charge < -0.3 is 5.11 Å². The van der Waals surface area contributed by atoms with Gasteiger partial charge >= 0.3 is 37.9 Å². The third kappa shape index (κ3) is 4.82. The predicted molar refractivity (Wildman–Crippen MR) is 90.7 cm³/mol. The molecule has 1 aromatic carbocycles. The van der Waals surface area contributed by atoms with E-state index in [1.807, 2.05) is 31.3 Å². The van der Waals surface area contributed by atoms with E-state index in [2.05, 4.69) is 4.99 Å². The van der Waals surface area contributed by atoms with E-state index in [1.165, 1.54) is 44.9 Å². The minimum absolute atomic E-state index is 0.373. The van der Waals surface area contributed by atoms with E-state index in [0.717, 1.165) is 11.1 Å². The molecule has 2 fully saturated rings. The van der Waals surface area contributed by atoms with Gasteiger partial charge in [-0.25, -0.2) is 0 Å². The van der Waals surface area contributed by atoms with Crippen molar-refractivity contribution in [2.75, 3.05) is 0 Å². The third-order valence-corrected chi connectivity index (χ3v) is 4.94. The van der Waals surface area contributed by atoms with Crippen molar-refractivity contribution >= 4 is 23.2 Å². The van der Waals surface area contributed by atoms with Gasteiger partial charge in [-0.2, -0.15) is 0 Å². The summed E-state index contributed by atoms with van der Waals surface area (Å²) in [6.07, 6.45) is 11.5. The fourth-order valence-electron chi connectivity index (χ4n) is 3.73. The van der Waals surface area contributed by atoms with Crippen molar-refractivity contribution in [3.8, 4) is 5.75 Å². The molecule has 0 amide bonds. The minimum atomic E-state index is -0.826. The first-order chi connectivity index (χ1) is 10.6. The zero-order valence-electron chi connectivity index (χ0n) is 13.0. The molecule has 1 spiro atoms. The van der Waals surface area contributed by atoms with Gasteiger partial charge in [-0.1, -0.05) is 31.4 Å². The topological polar surface area (TPSA) is 32.6 Å². The van der Waals surface area contributed by atoms with Gasteiger partial charge in [-0.15, -0.1) is 0 Å². The summed E-state index contributed by atoms with van der Waals surface area (Å²) in [7, 11) is 9.87. The van der Waals surface area contributed by atoms with Gasteiger partial charge in [-0.3, -0.25) is 4.99 Å². The Morgan fingerprint density at radius 1 is 1.23 bits per heavy atom. The van der Waals surface area contributed by atoms with E-state index < -0.39 is 20.8 Å². The molecule has 0 saturated heterocycles. The Bertz CT molecular complexity index is 507. The molecule has 0 atom stereocenters. The van der Waals surface area contributed by atoms with Gasteiger partial charge in [0.2, 0.25) is 0 Å². The molecule has 0 radical (unpaired) electrons. The summed E-state index contributed by atoms with van der Waals surface area (Å²) in [4.78, 5) is 4.67. The zero-order chi connectivity index (χ0) is 16.0. The van der Waals surface area contributed by atoms with Crippen LogP contribution in [0, 0.1) is 12.3 Å². The summed E-state index contributed by atoms with van der Waals surface area (Å²) >= 11 is -0.826. The second kappa shape index (κ2) is 8.85. The van der Waals surface area contributed by atoms with E-state index in [-0.39, 0.29) is 0 Å². The first kappa shape index (κ1) is 18.5. The maximum atomic E-state index is 9.95. The monoisotopic (exact) mass is 417 g/mol. The van der Waals surface area contributed by atoms with Gasteiger partial charge in [-0.05, 0) is 49.7 Å². The first-order valence-corrected chi connectivity index (χ1v) is 14.2. The third-order valence-electron chi connectivity index (χ3n) is 4.94. The Labute approximate surface area is 152 Å². The van der Waals surface area contributed by atoms with E-state index in [0.29, 0.717) is 17.2 Å². The molecule has 2 saturated carbocycles. The molecule has 1 aromatic rings. The molecule has 0 aromatic heterocycles. The Balaban J connectivity index is 0.000000545. The standard InChI is InChI=1S/C17H23NO.2ClH.Zr/c1-13-6-5-7-14(16(13)19)12-18-15-10-17(11-15)8-3-2-4-9-17;;;/h5-7,12,15,19H,2-4,8-11H2,1H3;2*1H;/q;;;+2/p-2. The van der Waals surface area contributed by atoms with Crippen LogP contribution in [0.25, 0.3) is 0 Å². The van der Waals surface area contributed by atoms with Crippen molar-refractivity contribution in [2.45, 2.75) is 57.9 Å². The van der Waals surface area contributed by atoms with Crippen molar-refractivity contribution in [3.05, 3.63) is 29.3 Å². The molecule has 22 heavy (non-hydrogen) atoms. The van der Waals surface area contributed by atoms with Gasteiger partial charge in [0.15, 0.2) is 0 Å². The molecular weight excluding hydrogens is 396 g/mol. The number of hydrogen-bond donors (Lipinski definition) is 1. The van der Waals surface area contributed by atoms with Gasteiger partial charge in [0.1, 0.15) is 5.75 Å². The summed E-state index contributed by atoms with van der Waals surface area (Å²) in [6, 6.07) is 6.31. The van der Waals surface area contributed by atoms with Crippen molar-refractivity contribution < 1.29 is 26.0 Å². The second-order valence-corrected chi connectivity index (χ2v) is 10.2. The molecule has 2 nitrogen and oxygen atoms in total. The molecular formula is C17H23Cl2NOZr. The molecule has 2 aliphatic rings. The number of nitrogens with zero attached hydrogens (tertiary/aromatic N) is 1. The summed E-state index contributed by atoms with van der Waals surface area (Å²) < 4.78 is 0. The van der Waals surface area contributed by atoms with E-state index in [9.17, 15) is 5.11 Å². The number of aromatic hydroxyl groups is 1. The summed E-state index contributed by atoms with van der Waals surface area (Å²) in [5.74, 6) is 0.373. The molecule has 2 aliphatic carbocycles. The fourth-order valence-corrected chi connectivity index (χ4v) is 3.73. The quantitative estimate of drug-likeness (QED) is 0.621. The molecule has 120 valence electrons. The van der Waals surface area contributed by atoms with Crippen molar-refractivity contribution in [3.63, 3.8) is 0 Å². The number of phenolic OH excluding ortho intramolecular Hbond substituents is 1. The number of benzene rings is 1. The van der Waals surface area contributed by atoms with Crippen LogP contribution < -0.4 is 0 Å². The molecule has 0 heterocycles. The van der Waals surface area contributed by atoms with Gasteiger partial charge in [0.25, 0.3) is 0 Å². The number of aliphatic imine (C=N–C) groups is 1. The second-order valence-electron chi connectivity index (χ2n) is 6.49. The molecule has 1 N–H and O–H groups in total. The van der Waals surface area contributed by atoms with Crippen molar-refractivity contribution in [1.82, 2.24) is 0 Å². The number of halogens is 2. The average Bonchev–Trinajstić information content (AvgIpc) is 2.48. The van der Waals surface area contributed by atoms with Crippen LogP contribution in [0.2, 0.25) is 0 Å². The van der Waals surface area contributed by atoms with Gasteiger partial charge in [0.05, 0.1) is 6.04 Å². The maximum absolute atomic E-state index is 9.95. The Morgan fingerprint density at radius 2 is 1.86 bits per heavy atom. The zero-order valence-corrected chi connectivity index (χ0v) is 17.0. The fraction of sp³-hybridized carbons (Fsp3) is 0.588. The van der Waals surface area contributed by atoms with Crippen LogP contribution in [0.1, 0.15) is 56.1 Å². The Kier molecular flexibility index (Phi) is 7.44. The first-order valence-electron chi connectivity index (χ1n) is 7.88. The number of phenols is 1. The van der Waals surface area contributed by atoms with E-state index >= 15 is 0 Å². The SMILES string of the molecule is Cc1cccc(C=NC2CC3(CCCCC3)C2)c1O.[Cl][Zr][Cl]. The molecule has 5 heteroatoms. The number of rotatable bonds is 2. The van der Waals surface area contributed by atoms with Crippen LogP contribution in [0.3, 0.4) is 0 Å². The van der Waals surface area contributed by atoms with E-state index in [4.69, 9.17) is 17.0 Å². The van der Waals surface area contributed by atoms with Gasteiger partial charge in [0, 0.05) is 11.8 Å². The molecule has 0 aliphatic heterocycles. The van der Waals surface area contributed by atoms with Crippen LogP contribution in [-0.2, 0) is 20.8 Å². The predicted octanol–water partition coefficient (Wildman–Crippen LogP) is 5.61. The number of hydrogen-bond acceptors (Lipinski definition) is 2. The van der Waals surface area contributed by atoms with Crippen LogP contribution in [-0.4, -0.2) is 17.4 Å². The van der Waals surface area contributed by atoms with E-state index in [1.54, 1.807) is 0 Å². The Hall–Kier alpha value is 0.153. The average molecular weight is 420 g/mol. The van der Waals surface area contributed by atoms with Crippen LogP contribution in [0.15, 0.2) is 23.2 Å². The number of aryl methyl sites for hydroxylation is 1. The molecule has 0 unspecified atom stereocenters. The van der Waals surface area contributed by atoms with Crippen LogP contribution in [0.5, 0.6) is 5.75 Å². The summed E-state index contributed by atoms with van der Waals surface area (Å²) in [5.41, 5.74) is 2.40. The van der Waals surface area contributed by atoms with Crippen molar-refractivity contribution in [1.29, 1.82) is 0 Å². The normalized spacial score (nSPS) is 20.3. The number of para-hydroxylation sites is 1. The van der Waals surface area contributed by atoms with Crippen LogP contribution in [0.4, 0.5) is 0 Å². The molecule has 3 rings (SSSR count). The molecule has 0 bridgehead atoms. The Morgan fingerprint density at radius 3 is 2.50 bits per heavy atom. The summed E-state index contributed by atoms with van der Waals surface area (Å²) in [5, 5.41) is 9.95. The van der Waals surface area contributed by atoms with Crippen LogP contribution >= 0.6 is 17.0 Å². The van der Waals surface area contributed by atoms with Crippen molar-refractivity contribution in [2.24, 2.45) is 10.4 Å².